The predicted octanol–water partition coefficient (Wildman–Crippen LogP) is 5.53. The molecule has 34 heavy (non-hydrogen) atoms. The molecule has 2 aliphatic carbocycles. The van der Waals surface area contributed by atoms with E-state index in [0.29, 0.717) is 17.0 Å². The third-order valence-electron chi connectivity index (χ3n) is 7.03. The highest BCUT2D eigenvalue weighted by Crippen LogP contribution is 2.59. The molecule has 0 radical (unpaired) electrons. The number of benzene rings is 3. The average molecular weight is 457 g/mol. The zero-order valence-corrected chi connectivity index (χ0v) is 17.8. The van der Waals surface area contributed by atoms with Crippen LogP contribution in [0.15, 0.2) is 90.5 Å². The van der Waals surface area contributed by atoms with E-state index in [1.165, 1.54) is 0 Å². The Kier molecular flexibility index (Phi) is 4.59. The molecular formula is C28H18F3NO2. The Morgan fingerprint density at radius 3 is 1.56 bits per heavy atom. The van der Waals surface area contributed by atoms with E-state index in [1.54, 1.807) is 0 Å². The maximum Gasteiger partial charge on any atom is 0.238 e. The van der Waals surface area contributed by atoms with Crippen molar-refractivity contribution in [2.45, 2.75) is 0 Å². The number of imide groups is 1. The Bertz CT molecular complexity index is 1300. The maximum absolute atomic E-state index is 14.5. The second kappa shape index (κ2) is 7.55. The summed E-state index contributed by atoms with van der Waals surface area (Å²) in [6.45, 7) is 0. The minimum atomic E-state index is -1.27. The topological polar surface area (TPSA) is 37.4 Å². The van der Waals surface area contributed by atoms with Gasteiger partial charge in [0.15, 0.2) is 11.6 Å². The molecule has 0 N–H and O–H groups in total. The fourth-order valence-electron chi connectivity index (χ4n) is 5.77. The van der Waals surface area contributed by atoms with Crippen molar-refractivity contribution in [2.24, 2.45) is 23.7 Å². The van der Waals surface area contributed by atoms with Crippen LogP contribution >= 0.6 is 0 Å². The van der Waals surface area contributed by atoms with Crippen LogP contribution in [0.4, 0.5) is 18.9 Å². The quantitative estimate of drug-likeness (QED) is 0.383. The average Bonchev–Trinajstić information content (AvgIpc) is 3.46. The summed E-state index contributed by atoms with van der Waals surface area (Å²) in [5.41, 5.74) is 3.06. The zero-order valence-electron chi connectivity index (χ0n) is 17.8. The summed E-state index contributed by atoms with van der Waals surface area (Å²) >= 11 is 0. The van der Waals surface area contributed by atoms with Crippen molar-refractivity contribution in [3.63, 3.8) is 0 Å². The van der Waals surface area contributed by atoms with Crippen LogP contribution in [-0.2, 0) is 9.59 Å². The molecule has 2 bridgehead atoms. The molecule has 6 heteroatoms. The van der Waals surface area contributed by atoms with E-state index in [2.05, 4.69) is 0 Å². The molecule has 1 aliphatic heterocycles. The van der Waals surface area contributed by atoms with Gasteiger partial charge in [0.1, 0.15) is 11.5 Å². The van der Waals surface area contributed by atoms with Gasteiger partial charge in [-0.3, -0.25) is 9.59 Å². The monoisotopic (exact) mass is 457 g/mol. The first-order valence-electron chi connectivity index (χ1n) is 11.0. The van der Waals surface area contributed by atoms with Gasteiger partial charge in [-0.25, -0.2) is 18.1 Å². The Morgan fingerprint density at radius 2 is 1.12 bits per heavy atom. The Hall–Kier alpha value is -3.93. The van der Waals surface area contributed by atoms with Crippen LogP contribution in [0.1, 0.15) is 11.1 Å². The second-order valence-corrected chi connectivity index (χ2v) is 8.78. The number of halogens is 3. The molecule has 3 aromatic rings. The minimum absolute atomic E-state index is 0.376. The lowest BCUT2D eigenvalue weighted by atomic mass is 9.85. The number of rotatable bonds is 3. The molecule has 1 saturated carbocycles. The first-order chi connectivity index (χ1) is 16.5. The molecule has 3 aromatic carbocycles. The normalized spacial score (nSPS) is 24.8. The lowest BCUT2D eigenvalue weighted by molar-refractivity contribution is -0.123. The van der Waals surface area contributed by atoms with Crippen LogP contribution in [0.2, 0.25) is 0 Å². The van der Waals surface area contributed by atoms with Gasteiger partial charge in [0.25, 0.3) is 0 Å². The highest BCUT2D eigenvalue weighted by Gasteiger charge is 2.63. The van der Waals surface area contributed by atoms with E-state index in [1.807, 2.05) is 72.8 Å². The first kappa shape index (κ1) is 20.7. The van der Waals surface area contributed by atoms with Crippen LogP contribution in [0, 0.1) is 41.1 Å². The molecule has 0 unspecified atom stereocenters. The van der Waals surface area contributed by atoms with E-state index in [-0.39, 0.29) is 11.8 Å². The van der Waals surface area contributed by atoms with E-state index in [4.69, 9.17) is 0 Å². The third-order valence-corrected chi connectivity index (χ3v) is 7.03. The number of amides is 2. The van der Waals surface area contributed by atoms with Gasteiger partial charge in [0.05, 0.1) is 11.8 Å². The zero-order chi connectivity index (χ0) is 23.6. The fourth-order valence-corrected chi connectivity index (χ4v) is 5.77. The Labute approximate surface area is 193 Å². The summed E-state index contributed by atoms with van der Waals surface area (Å²) in [5, 5.41) is 0. The summed E-state index contributed by atoms with van der Waals surface area (Å²) in [4.78, 5) is 27.5. The molecule has 1 saturated heterocycles. The Morgan fingerprint density at radius 1 is 0.676 bits per heavy atom. The number of fused-ring (bicyclic) bond motifs is 5. The highest BCUT2D eigenvalue weighted by molar-refractivity contribution is 6.23. The molecule has 6 rings (SSSR count). The van der Waals surface area contributed by atoms with Gasteiger partial charge in [-0.15, -0.1) is 0 Å². The van der Waals surface area contributed by atoms with Crippen molar-refractivity contribution in [1.29, 1.82) is 0 Å². The van der Waals surface area contributed by atoms with Gasteiger partial charge in [-0.2, -0.15) is 0 Å². The van der Waals surface area contributed by atoms with Crippen LogP contribution < -0.4 is 4.90 Å². The number of anilines is 1. The number of hydrogen-bond acceptors (Lipinski definition) is 2. The van der Waals surface area contributed by atoms with Crippen LogP contribution in [0.5, 0.6) is 0 Å². The van der Waals surface area contributed by atoms with E-state index < -0.39 is 46.8 Å². The van der Waals surface area contributed by atoms with Crippen molar-refractivity contribution < 1.29 is 22.8 Å². The molecule has 0 spiro atoms. The smallest absolute Gasteiger partial charge is 0.238 e. The molecule has 168 valence electrons. The van der Waals surface area contributed by atoms with Crippen molar-refractivity contribution in [2.75, 3.05) is 4.90 Å². The van der Waals surface area contributed by atoms with Crippen molar-refractivity contribution in [1.82, 2.24) is 0 Å². The minimum Gasteiger partial charge on any atom is -0.274 e. The van der Waals surface area contributed by atoms with Crippen LogP contribution in [0.3, 0.4) is 0 Å². The third kappa shape index (κ3) is 2.84. The van der Waals surface area contributed by atoms with Gasteiger partial charge in [0.2, 0.25) is 11.8 Å². The van der Waals surface area contributed by atoms with Gasteiger partial charge >= 0.3 is 0 Å². The number of nitrogens with zero attached hydrogens (tertiary/aromatic N) is 1. The molecule has 2 fully saturated rings. The number of carbonyl (C=O) groups is 2. The summed E-state index contributed by atoms with van der Waals surface area (Å²) in [7, 11) is 0. The molecular weight excluding hydrogens is 439 g/mol. The summed E-state index contributed by atoms with van der Waals surface area (Å²) in [5.74, 6) is -7.25. The number of carbonyl (C=O) groups excluding carboxylic acids is 2. The maximum atomic E-state index is 14.5. The van der Waals surface area contributed by atoms with Crippen LogP contribution in [0.25, 0.3) is 5.57 Å². The van der Waals surface area contributed by atoms with Crippen LogP contribution in [-0.4, -0.2) is 11.8 Å². The summed E-state index contributed by atoms with van der Waals surface area (Å²) in [6, 6.07) is 20.5. The van der Waals surface area contributed by atoms with Crippen molar-refractivity contribution in [3.8, 4) is 0 Å². The SMILES string of the molecule is O=C1[C@H]2[C@H](C(=O)N1c1c(F)cc(F)cc1F)[C@H]1C=C[C@H]2C1=C(c1ccccc1)c1ccccc1. The fraction of sp³-hybridized carbons (Fsp3) is 0.143. The number of allylic oxidation sites excluding steroid dienone is 3. The van der Waals surface area contributed by atoms with E-state index >= 15 is 0 Å². The summed E-state index contributed by atoms with van der Waals surface area (Å²) < 4.78 is 42.4. The molecule has 4 atom stereocenters. The van der Waals surface area contributed by atoms with Gasteiger partial charge in [-0.05, 0) is 22.3 Å². The first-order valence-corrected chi connectivity index (χ1v) is 11.0. The summed E-state index contributed by atoms with van der Waals surface area (Å²) in [6.07, 6.45) is 3.83. The molecule has 2 amide bonds. The standard InChI is InChI=1S/C28H18F3NO2/c29-17-13-20(30)26(21(31)14-17)32-27(33)24-18-11-12-19(25(24)28(32)34)23(18)22(15-7-3-1-4-8-15)16-9-5-2-6-10-16/h1-14,18-19,24-25H/t18-,19-,24+,25+/m0/s1. The predicted molar refractivity (Wildman–Crippen MR) is 121 cm³/mol. The Balaban J connectivity index is 1.50. The van der Waals surface area contributed by atoms with E-state index in [9.17, 15) is 22.8 Å². The van der Waals surface area contributed by atoms with Gasteiger partial charge < -0.3 is 0 Å². The van der Waals surface area contributed by atoms with E-state index in [0.717, 1.165) is 22.3 Å². The van der Waals surface area contributed by atoms with Crippen molar-refractivity contribution >= 4 is 23.1 Å². The van der Waals surface area contributed by atoms with Crippen molar-refractivity contribution in [3.05, 3.63) is 119 Å². The largest absolute Gasteiger partial charge is 0.274 e. The molecule has 1 heterocycles. The molecule has 3 aliphatic rings. The van der Waals surface area contributed by atoms with Gasteiger partial charge in [-0.1, -0.05) is 72.8 Å². The number of hydrogen-bond donors (Lipinski definition) is 0. The molecule has 0 aromatic heterocycles. The van der Waals surface area contributed by atoms with Gasteiger partial charge in [0, 0.05) is 24.0 Å². The lowest BCUT2D eigenvalue weighted by Crippen LogP contribution is -2.34. The second-order valence-electron chi connectivity index (χ2n) is 8.78. The lowest BCUT2D eigenvalue weighted by Gasteiger charge is -2.22. The highest BCUT2D eigenvalue weighted by atomic mass is 19.1. The molecule has 3 nitrogen and oxygen atoms in total.